The number of hydrogen-bond donors (Lipinski definition) is 1. The molecule has 294 valence electrons. The van der Waals surface area contributed by atoms with E-state index in [0.29, 0.717) is 6.54 Å². The molecule has 1 heterocycles. The van der Waals surface area contributed by atoms with Crippen LogP contribution in [0, 0.1) is 6.92 Å². The Bertz CT molecular complexity index is 2940. The zero-order valence-corrected chi connectivity index (χ0v) is 34.8. The molecule has 0 unspecified atom stereocenters. The van der Waals surface area contributed by atoms with Crippen LogP contribution in [-0.4, -0.2) is 17.2 Å². The first kappa shape index (κ1) is 39.7. The van der Waals surface area contributed by atoms with Crippen molar-refractivity contribution in [3.05, 3.63) is 228 Å². The number of nitrogens with one attached hydrogen (secondary N) is 1. The second-order valence-electron chi connectivity index (χ2n) is 15.2. The molecule has 0 radical (unpaired) electrons. The van der Waals surface area contributed by atoms with Crippen molar-refractivity contribution < 1.29 is 0 Å². The summed E-state index contributed by atoms with van der Waals surface area (Å²) < 4.78 is 0. The van der Waals surface area contributed by atoms with Crippen LogP contribution in [0.15, 0.2) is 205 Å². The second kappa shape index (κ2) is 18.7. The van der Waals surface area contributed by atoms with Gasteiger partial charge in [-0.1, -0.05) is 158 Å². The van der Waals surface area contributed by atoms with E-state index in [2.05, 4.69) is 208 Å². The molecule has 1 aromatic heterocycles. The zero-order valence-electron chi connectivity index (χ0n) is 34.8. The van der Waals surface area contributed by atoms with Crippen molar-refractivity contribution in [3.63, 3.8) is 0 Å². The topological polar surface area (TPSA) is 37.3 Å². The molecule has 0 spiro atoms. The molecule has 6 aromatic carbocycles. The Morgan fingerprint density at radius 3 is 2.27 bits per heavy atom. The van der Waals surface area contributed by atoms with Gasteiger partial charge in [-0.05, 0) is 135 Å². The first-order chi connectivity index (χ1) is 29.5. The normalized spacial score (nSPS) is 14.0. The molecule has 1 N–H and O–H groups in total. The Kier molecular flexibility index (Phi) is 12.3. The molecule has 1 aliphatic carbocycles. The lowest BCUT2D eigenvalue weighted by atomic mass is 9.89. The number of aromatic nitrogens is 1. The molecule has 0 bridgehead atoms. The highest BCUT2D eigenvalue weighted by molar-refractivity contribution is 6.10. The van der Waals surface area contributed by atoms with E-state index in [1.807, 2.05) is 18.5 Å². The van der Waals surface area contributed by atoms with E-state index in [1.165, 1.54) is 77.0 Å². The fraction of sp³-hybridized carbons (Fsp3) is 0.123. The molecule has 3 heteroatoms. The highest BCUT2D eigenvalue weighted by atomic mass is 14.9. The van der Waals surface area contributed by atoms with E-state index < -0.39 is 0 Å². The molecular weight excluding hydrogens is 727 g/mol. The number of benzene rings is 6. The minimum Gasteiger partial charge on any atom is -0.385 e. The maximum absolute atomic E-state index is 5.38. The molecular formula is C57H51N3. The van der Waals surface area contributed by atoms with E-state index >= 15 is 0 Å². The molecule has 8 rings (SSSR count). The number of hydrogen-bond acceptors (Lipinski definition) is 3. The van der Waals surface area contributed by atoms with Crippen molar-refractivity contribution in [1.29, 1.82) is 0 Å². The monoisotopic (exact) mass is 777 g/mol. The van der Waals surface area contributed by atoms with Gasteiger partial charge in [-0.2, -0.15) is 0 Å². The van der Waals surface area contributed by atoms with Crippen LogP contribution in [0.3, 0.4) is 0 Å². The minimum atomic E-state index is 0.561. The van der Waals surface area contributed by atoms with Crippen LogP contribution in [-0.2, 0) is 6.54 Å². The fourth-order valence-electron chi connectivity index (χ4n) is 8.37. The Morgan fingerprint density at radius 2 is 1.50 bits per heavy atom. The van der Waals surface area contributed by atoms with Gasteiger partial charge in [0.1, 0.15) is 0 Å². The molecule has 0 saturated carbocycles. The SMILES string of the molecule is C=C/C(=C\C=C/C(=CC(=NCc1cccc(-c2cccc3ccccc23)c1)C1=CC=C(c2cncc3ccccc23)CC1)NCC)c1cc2ccccc2c(/C=C\C)c1C. The predicted molar refractivity (Wildman–Crippen MR) is 260 cm³/mol. The van der Waals surface area contributed by atoms with Crippen LogP contribution >= 0.6 is 0 Å². The van der Waals surface area contributed by atoms with E-state index in [-0.39, 0.29) is 0 Å². The average molecular weight is 778 g/mol. The largest absolute Gasteiger partial charge is 0.385 e. The smallest absolute Gasteiger partial charge is 0.0647 e. The zero-order chi connectivity index (χ0) is 41.3. The lowest BCUT2D eigenvalue weighted by Crippen LogP contribution is -2.14. The van der Waals surface area contributed by atoms with Gasteiger partial charge in [0.2, 0.25) is 0 Å². The Balaban J connectivity index is 1.16. The van der Waals surface area contributed by atoms with Crippen LogP contribution in [0.4, 0.5) is 0 Å². The number of fused-ring (bicyclic) bond motifs is 3. The average Bonchev–Trinajstić information content (AvgIpc) is 3.30. The summed E-state index contributed by atoms with van der Waals surface area (Å²) in [4.78, 5) is 9.96. The summed E-state index contributed by atoms with van der Waals surface area (Å²) >= 11 is 0. The standard InChI is InChI=1S/C57H51N3/c1-5-17-50-40(4)55(35-47-20-9-12-27-52(47)50)42(6-2)22-15-25-49(59-7-3)36-57(45-32-30-44(31-33-45)56-39-58-38-48-21-10-13-28-54(48)56)60-37-41-18-14-24-46(34-41)53-29-16-23-43-19-8-11-26-51(43)53/h5-6,8-30,32,34-36,38-39,59H,2,7,31,33,37H2,1,3-4H3/b17-5-,25-15-,42-22+,49-36?,60-57?. The summed E-state index contributed by atoms with van der Waals surface area (Å²) in [5.41, 5.74) is 14.0. The molecule has 60 heavy (non-hydrogen) atoms. The van der Waals surface area contributed by atoms with Gasteiger partial charge in [-0.15, -0.1) is 0 Å². The molecule has 0 fully saturated rings. The van der Waals surface area contributed by atoms with Crippen LogP contribution in [0.5, 0.6) is 0 Å². The third kappa shape index (κ3) is 8.67. The number of aliphatic imine (C=N–C) groups is 1. The lowest BCUT2D eigenvalue weighted by Gasteiger charge is -2.17. The summed E-state index contributed by atoms with van der Waals surface area (Å²) in [6.45, 7) is 12.0. The highest BCUT2D eigenvalue weighted by Gasteiger charge is 2.15. The van der Waals surface area contributed by atoms with Crippen molar-refractivity contribution in [3.8, 4) is 11.1 Å². The van der Waals surface area contributed by atoms with Gasteiger partial charge < -0.3 is 5.32 Å². The molecule has 0 atom stereocenters. The second-order valence-corrected chi connectivity index (χ2v) is 15.2. The molecule has 3 nitrogen and oxygen atoms in total. The van der Waals surface area contributed by atoms with E-state index in [0.717, 1.165) is 41.8 Å². The van der Waals surface area contributed by atoms with Crippen LogP contribution in [0.1, 0.15) is 54.5 Å². The number of rotatable bonds is 13. The number of allylic oxidation sites excluding steroid dienone is 11. The van der Waals surface area contributed by atoms with Gasteiger partial charge in [0.15, 0.2) is 0 Å². The first-order valence-corrected chi connectivity index (χ1v) is 21.0. The number of likely N-dealkylation sites (N-methyl/N-ethyl adjacent to an activating group) is 1. The van der Waals surface area contributed by atoms with E-state index in [4.69, 9.17) is 4.99 Å². The van der Waals surface area contributed by atoms with E-state index in [1.54, 1.807) is 0 Å². The van der Waals surface area contributed by atoms with Gasteiger partial charge in [-0.3, -0.25) is 9.98 Å². The molecule has 1 aliphatic rings. The Hall–Kier alpha value is -7.10. The first-order valence-electron chi connectivity index (χ1n) is 21.0. The number of nitrogens with zero attached hydrogens (tertiary/aromatic N) is 2. The summed E-state index contributed by atoms with van der Waals surface area (Å²) in [5, 5.41) is 11.0. The molecule has 7 aromatic rings. The summed E-state index contributed by atoms with van der Waals surface area (Å²) in [6.07, 6.45) is 25.2. The fourth-order valence-corrected chi connectivity index (χ4v) is 8.37. The van der Waals surface area contributed by atoms with Gasteiger partial charge in [0, 0.05) is 35.6 Å². The molecule has 0 saturated heterocycles. The summed E-state index contributed by atoms with van der Waals surface area (Å²) in [5.74, 6) is 0. The van der Waals surface area contributed by atoms with Gasteiger partial charge >= 0.3 is 0 Å². The van der Waals surface area contributed by atoms with E-state index in [9.17, 15) is 0 Å². The number of pyridine rings is 1. The van der Waals surface area contributed by atoms with Crippen molar-refractivity contribution in [2.75, 3.05) is 6.54 Å². The van der Waals surface area contributed by atoms with Crippen molar-refractivity contribution in [1.82, 2.24) is 10.3 Å². The van der Waals surface area contributed by atoms with Gasteiger partial charge in [0.25, 0.3) is 0 Å². The van der Waals surface area contributed by atoms with Crippen LogP contribution < -0.4 is 5.32 Å². The van der Waals surface area contributed by atoms with Crippen molar-refractivity contribution in [2.45, 2.75) is 40.2 Å². The summed E-state index contributed by atoms with van der Waals surface area (Å²) in [7, 11) is 0. The van der Waals surface area contributed by atoms with Crippen molar-refractivity contribution >= 4 is 55.3 Å². The summed E-state index contributed by atoms with van der Waals surface area (Å²) in [6, 6.07) is 43.3. The van der Waals surface area contributed by atoms with Gasteiger partial charge in [0.05, 0.1) is 12.3 Å². The lowest BCUT2D eigenvalue weighted by molar-refractivity contribution is 0.879. The Morgan fingerprint density at radius 1 is 0.767 bits per heavy atom. The Labute approximate surface area is 355 Å². The highest BCUT2D eigenvalue weighted by Crippen LogP contribution is 2.34. The third-order valence-electron chi connectivity index (χ3n) is 11.4. The van der Waals surface area contributed by atoms with Crippen LogP contribution in [0.25, 0.3) is 60.7 Å². The molecule has 0 amide bonds. The third-order valence-corrected chi connectivity index (χ3v) is 11.4. The van der Waals surface area contributed by atoms with Gasteiger partial charge in [-0.25, -0.2) is 0 Å². The van der Waals surface area contributed by atoms with Crippen LogP contribution in [0.2, 0.25) is 0 Å². The maximum atomic E-state index is 5.38. The van der Waals surface area contributed by atoms with Crippen molar-refractivity contribution in [2.24, 2.45) is 4.99 Å². The molecule has 0 aliphatic heterocycles. The predicted octanol–water partition coefficient (Wildman–Crippen LogP) is 14.6. The maximum Gasteiger partial charge on any atom is 0.0647 e. The quantitative estimate of drug-likeness (QED) is 0.0935. The minimum absolute atomic E-state index is 0.561.